The van der Waals surface area contributed by atoms with E-state index in [1.165, 1.54) is 5.56 Å². The molecule has 27 heavy (non-hydrogen) atoms. The first-order valence-corrected chi connectivity index (χ1v) is 10.4. The third-order valence-corrected chi connectivity index (χ3v) is 5.46. The van der Waals surface area contributed by atoms with E-state index in [1.54, 1.807) is 12.3 Å². The summed E-state index contributed by atoms with van der Waals surface area (Å²) in [7, 11) is -3.45. The predicted octanol–water partition coefficient (Wildman–Crippen LogP) is 4.43. The molecule has 3 aromatic rings. The fourth-order valence-corrected chi connectivity index (χ4v) is 3.71. The van der Waals surface area contributed by atoms with Crippen molar-refractivity contribution < 1.29 is 8.42 Å². The zero-order valence-corrected chi connectivity index (χ0v) is 16.3. The quantitative estimate of drug-likeness (QED) is 0.635. The molecule has 0 saturated carbocycles. The highest BCUT2D eigenvalue weighted by molar-refractivity contribution is 7.92. The average molecular weight is 382 g/mol. The Labute approximate surface area is 160 Å². The molecule has 0 amide bonds. The Hall–Kier alpha value is -2.86. The van der Waals surface area contributed by atoms with Crippen LogP contribution in [0, 0.1) is 13.8 Å². The molecule has 0 unspecified atom stereocenters. The fourth-order valence-electron chi connectivity index (χ4n) is 2.66. The number of hydrogen-bond acceptors (Lipinski definition) is 4. The molecule has 2 N–H and O–H groups in total. The zero-order chi connectivity index (χ0) is 19.3. The van der Waals surface area contributed by atoms with Gasteiger partial charge in [0, 0.05) is 5.69 Å². The van der Waals surface area contributed by atoms with Gasteiger partial charge in [0.15, 0.2) is 0 Å². The number of nitrogens with zero attached hydrogens (tertiary/aromatic N) is 1. The summed E-state index contributed by atoms with van der Waals surface area (Å²) in [4.78, 5) is 4.21. The van der Waals surface area contributed by atoms with Crippen LogP contribution in [0.1, 0.15) is 16.7 Å². The molecule has 1 heterocycles. The molecule has 3 rings (SSSR count). The standard InChI is InChI=1S/C21H23N3O2S/c1-16-8-9-17(2)20(14-16)23-19-10-11-21(22-15-19)24-27(25,26)13-12-18-6-4-3-5-7-18/h3-11,14-15,23H,12-13H2,1-2H3,(H,22,24). The van der Waals surface area contributed by atoms with Gasteiger partial charge in [-0.1, -0.05) is 42.5 Å². The number of sulfonamides is 1. The van der Waals surface area contributed by atoms with Gasteiger partial charge in [-0.25, -0.2) is 13.4 Å². The number of rotatable bonds is 7. The lowest BCUT2D eigenvalue weighted by Crippen LogP contribution is -2.18. The highest BCUT2D eigenvalue weighted by Crippen LogP contribution is 2.22. The Morgan fingerprint density at radius 2 is 1.74 bits per heavy atom. The first-order valence-electron chi connectivity index (χ1n) is 8.76. The predicted molar refractivity (Wildman–Crippen MR) is 111 cm³/mol. The van der Waals surface area contributed by atoms with E-state index in [0.717, 1.165) is 22.5 Å². The van der Waals surface area contributed by atoms with Crippen molar-refractivity contribution in [1.29, 1.82) is 0 Å². The summed E-state index contributed by atoms with van der Waals surface area (Å²) < 4.78 is 27.1. The minimum Gasteiger partial charge on any atom is -0.354 e. The van der Waals surface area contributed by atoms with Crippen LogP contribution in [-0.2, 0) is 16.4 Å². The largest absolute Gasteiger partial charge is 0.354 e. The maximum atomic E-state index is 12.3. The van der Waals surface area contributed by atoms with Crippen molar-refractivity contribution in [2.75, 3.05) is 15.8 Å². The molecular weight excluding hydrogens is 358 g/mol. The topological polar surface area (TPSA) is 71.1 Å². The van der Waals surface area contributed by atoms with Crippen LogP contribution in [0.2, 0.25) is 0 Å². The zero-order valence-electron chi connectivity index (χ0n) is 15.4. The third-order valence-electron chi connectivity index (χ3n) is 4.20. The molecule has 0 aliphatic heterocycles. The van der Waals surface area contributed by atoms with Crippen LogP contribution < -0.4 is 10.0 Å². The molecule has 2 aromatic carbocycles. The van der Waals surface area contributed by atoms with E-state index >= 15 is 0 Å². The molecule has 0 bridgehead atoms. The molecule has 0 fully saturated rings. The summed E-state index contributed by atoms with van der Waals surface area (Å²) in [6.45, 7) is 4.07. The van der Waals surface area contributed by atoms with Crippen LogP contribution in [0.4, 0.5) is 17.2 Å². The minimum atomic E-state index is -3.45. The SMILES string of the molecule is Cc1ccc(C)c(Nc2ccc(NS(=O)(=O)CCc3ccccc3)nc2)c1. The molecular formula is C21H23N3O2S. The normalized spacial score (nSPS) is 11.2. The third kappa shape index (κ3) is 5.56. The lowest BCUT2D eigenvalue weighted by atomic mass is 10.1. The molecule has 0 aliphatic carbocycles. The van der Waals surface area contributed by atoms with Crippen LogP contribution in [0.25, 0.3) is 0 Å². The van der Waals surface area contributed by atoms with Crippen molar-refractivity contribution >= 4 is 27.2 Å². The molecule has 0 aliphatic rings. The molecule has 1 aromatic heterocycles. The van der Waals surface area contributed by atoms with Crippen molar-refractivity contribution in [3.63, 3.8) is 0 Å². The molecule has 0 radical (unpaired) electrons. The Kier molecular flexibility index (Phi) is 5.76. The van der Waals surface area contributed by atoms with Gasteiger partial charge < -0.3 is 5.32 Å². The van der Waals surface area contributed by atoms with Crippen LogP contribution in [0.3, 0.4) is 0 Å². The van der Waals surface area contributed by atoms with E-state index in [2.05, 4.69) is 33.2 Å². The van der Waals surface area contributed by atoms with Crippen LogP contribution in [-0.4, -0.2) is 19.2 Å². The summed E-state index contributed by atoms with van der Waals surface area (Å²) in [5, 5.41) is 3.31. The Balaban J connectivity index is 1.62. The molecule has 0 atom stereocenters. The van der Waals surface area contributed by atoms with Crippen molar-refractivity contribution in [2.45, 2.75) is 20.3 Å². The van der Waals surface area contributed by atoms with Crippen molar-refractivity contribution in [1.82, 2.24) is 4.98 Å². The number of hydrogen-bond donors (Lipinski definition) is 2. The van der Waals surface area contributed by atoms with Gasteiger partial charge in [0.2, 0.25) is 10.0 Å². The van der Waals surface area contributed by atoms with Gasteiger partial charge >= 0.3 is 0 Å². The summed E-state index contributed by atoms with van der Waals surface area (Å²) in [5.41, 5.74) is 5.10. The second-order valence-electron chi connectivity index (χ2n) is 6.53. The summed E-state index contributed by atoms with van der Waals surface area (Å²) in [6.07, 6.45) is 2.08. The van der Waals surface area contributed by atoms with E-state index in [4.69, 9.17) is 0 Å². The summed E-state index contributed by atoms with van der Waals surface area (Å²) in [6, 6.07) is 19.2. The van der Waals surface area contributed by atoms with Gasteiger partial charge in [0.05, 0.1) is 17.6 Å². The number of aryl methyl sites for hydroxylation is 3. The second-order valence-corrected chi connectivity index (χ2v) is 8.37. The van der Waals surface area contributed by atoms with Crippen molar-refractivity contribution in [3.05, 3.63) is 83.6 Å². The van der Waals surface area contributed by atoms with E-state index in [0.29, 0.717) is 12.2 Å². The first-order chi connectivity index (χ1) is 12.9. The molecule has 6 heteroatoms. The highest BCUT2D eigenvalue weighted by atomic mass is 32.2. The van der Waals surface area contributed by atoms with Crippen LogP contribution in [0.15, 0.2) is 66.9 Å². The second kappa shape index (κ2) is 8.22. The number of pyridine rings is 1. The van der Waals surface area contributed by atoms with Gasteiger partial charge in [-0.2, -0.15) is 0 Å². The average Bonchev–Trinajstić information content (AvgIpc) is 2.65. The number of benzene rings is 2. The molecule has 0 saturated heterocycles. The van der Waals surface area contributed by atoms with Crippen LogP contribution in [0.5, 0.6) is 0 Å². The van der Waals surface area contributed by atoms with E-state index < -0.39 is 10.0 Å². The summed E-state index contributed by atoms with van der Waals surface area (Å²) in [5.74, 6) is 0.329. The first kappa shape index (κ1) is 18.9. The minimum absolute atomic E-state index is 0.0151. The van der Waals surface area contributed by atoms with E-state index in [1.807, 2.05) is 50.2 Å². The van der Waals surface area contributed by atoms with Gasteiger partial charge in [-0.05, 0) is 55.2 Å². The van der Waals surface area contributed by atoms with E-state index in [9.17, 15) is 8.42 Å². The number of nitrogens with one attached hydrogen (secondary N) is 2. The van der Waals surface area contributed by atoms with Gasteiger partial charge in [0.25, 0.3) is 0 Å². The van der Waals surface area contributed by atoms with Crippen molar-refractivity contribution in [2.24, 2.45) is 0 Å². The highest BCUT2D eigenvalue weighted by Gasteiger charge is 2.11. The smallest absolute Gasteiger partial charge is 0.234 e. The van der Waals surface area contributed by atoms with Gasteiger partial charge in [-0.3, -0.25) is 4.72 Å². The lowest BCUT2D eigenvalue weighted by molar-refractivity contribution is 0.600. The molecule has 140 valence electrons. The van der Waals surface area contributed by atoms with Crippen molar-refractivity contribution in [3.8, 4) is 0 Å². The number of aromatic nitrogens is 1. The Bertz CT molecular complexity index is 1000. The fraction of sp³-hybridized carbons (Fsp3) is 0.190. The maximum Gasteiger partial charge on any atom is 0.234 e. The maximum absolute atomic E-state index is 12.3. The monoisotopic (exact) mass is 381 g/mol. The molecule has 5 nitrogen and oxygen atoms in total. The molecule has 0 spiro atoms. The van der Waals surface area contributed by atoms with Gasteiger partial charge in [0.1, 0.15) is 5.82 Å². The van der Waals surface area contributed by atoms with Gasteiger partial charge in [-0.15, -0.1) is 0 Å². The van der Waals surface area contributed by atoms with Crippen LogP contribution >= 0.6 is 0 Å². The Morgan fingerprint density at radius 1 is 0.963 bits per heavy atom. The van der Waals surface area contributed by atoms with E-state index in [-0.39, 0.29) is 5.75 Å². The number of anilines is 3. The Morgan fingerprint density at radius 3 is 2.44 bits per heavy atom. The lowest BCUT2D eigenvalue weighted by Gasteiger charge is -2.11. The summed E-state index contributed by atoms with van der Waals surface area (Å²) >= 11 is 0.